The van der Waals surface area contributed by atoms with Gasteiger partial charge in [-0.2, -0.15) is 0 Å². The van der Waals surface area contributed by atoms with Crippen LogP contribution in [0.25, 0.3) is 0 Å². The molecule has 2 rings (SSSR count). The first-order valence-corrected chi connectivity index (χ1v) is 6.01. The molecule has 0 aliphatic heterocycles. The lowest BCUT2D eigenvalue weighted by atomic mass is 10.5. The van der Waals surface area contributed by atoms with Gasteiger partial charge in [0.15, 0.2) is 5.03 Å². The molecule has 1 heterocycles. The molecule has 0 aromatic carbocycles. The predicted molar refractivity (Wildman–Crippen MR) is 51.2 cm³/mol. The van der Waals surface area contributed by atoms with Crippen LogP contribution in [0.2, 0.25) is 0 Å². The van der Waals surface area contributed by atoms with Crippen LogP contribution in [0.4, 0.5) is 0 Å². The lowest BCUT2D eigenvalue weighted by Crippen LogP contribution is -2.27. The van der Waals surface area contributed by atoms with Gasteiger partial charge in [-0.15, -0.1) is 0 Å². The van der Waals surface area contributed by atoms with Crippen molar-refractivity contribution in [1.29, 1.82) is 0 Å². The van der Waals surface area contributed by atoms with Crippen molar-refractivity contribution < 1.29 is 8.42 Å². The lowest BCUT2D eigenvalue weighted by molar-refractivity contribution is 0.575. The summed E-state index contributed by atoms with van der Waals surface area (Å²) in [6.45, 7) is 3.74. The molecule has 1 saturated carbocycles. The molecule has 2 unspecified atom stereocenters. The van der Waals surface area contributed by atoms with Crippen LogP contribution in [-0.4, -0.2) is 24.4 Å². The first-order chi connectivity index (χ1) is 6.49. The number of rotatable bonds is 3. The topological polar surface area (TPSA) is 74.8 Å². The van der Waals surface area contributed by atoms with E-state index in [4.69, 9.17) is 0 Å². The van der Waals surface area contributed by atoms with Crippen molar-refractivity contribution in [3.05, 3.63) is 12.0 Å². The van der Waals surface area contributed by atoms with Crippen molar-refractivity contribution in [3.8, 4) is 0 Å². The van der Waals surface area contributed by atoms with Gasteiger partial charge >= 0.3 is 0 Å². The fraction of sp³-hybridized carbons (Fsp3) is 0.625. The minimum absolute atomic E-state index is 0.101. The van der Waals surface area contributed by atoms with Crippen LogP contribution in [0, 0.1) is 12.8 Å². The van der Waals surface area contributed by atoms with Gasteiger partial charge in [0.05, 0.1) is 6.20 Å². The van der Waals surface area contributed by atoms with Crippen molar-refractivity contribution in [1.82, 2.24) is 14.7 Å². The molecule has 2 atom stereocenters. The first-order valence-electron chi connectivity index (χ1n) is 4.53. The molecule has 1 aromatic rings. The van der Waals surface area contributed by atoms with E-state index in [2.05, 4.69) is 14.7 Å². The highest BCUT2D eigenvalue weighted by molar-refractivity contribution is 7.89. The molecule has 0 bridgehead atoms. The minimum Gasteiger partial charge on any atom is -0.332 e. The maximum atomic E-state index is 11.7. The number of aryl methyl sites for hydroxylation is 1. The van der Waals surface area contributed by atoms with E-state index in [1.807, 2.05) is 6.92 Å². The van der Waals surface area contributed by atoms with E-state index in [1.165, 1.54) is 6.20 Å². The average Bonchev–Trinajstić information content (AvgIpc) is 2.61. The quantitative estimate of drug-likeness (QED) is 0.766. The zero-order valence-corrected chi connectivity index (χ0v) is 8.93. The molecule has 2 N–H and O–H groups in total. The third-order valence-corrected chi connectivity index (χ3v) is 3.78. The second kappa shape index (κ2) is 3.06. The van der Waals surface area contributed by atoms with E-state index < -0.39 is 10.0 Å². The van der Waals surface area contributed by atoms with Gasteiger partial charge in [0.25, 0.3) is 10.0 Å². The van der Waals surface area contributed by atoms with Gasteiger partial charge in [0.1, 0.15) is 5.82 Å². The Morgan fingerprint density at radius 2 is 2.29 bits per heavy atom. The molecule has 1 aliphatic carbocycles. The smallest absolute Gasteiger partial charge is 0.257 e. The maximum absolute atomic E-state index is 11.7. The van der Waals surface area contributed by atoms with Gasteiger partial charge in [-0.1, -0.05) is 6.92 Å². The van der Waals surface area contributed by atoms with E-state index >= 15 is 0 Å². The SMILES string of the molecule is Cc1ncc(S(=O)(=O)NC2CC2C)[nH]1. The molecule has 1 aliphatic rings. The fourth-order valence-corrected chi connectivity index (χ4v) is 2.61. The first kappa shape index (κ1) is 9.67. The second-order valence-electron chi connectivity index (χ2n) is 3.77. The summed E-state index contributed by atoms with van der Waals surface area (Å²) < 4.78 is 25.9. The van der Waals surface area contributed by atoms with Crippen molar-refractivity contribution in [2.45, 2.75) is 31.3 Å². The van der Waals surface area contributed by atoms with E-state index in [1.54, 1.807) is 6.92 Å². The zero-order valence-electron chi connectivity index (χ0n) is 8.11. The molecule has 0 radical (unpaired) electrons. The molecule has 14 heavy (non-hydrogen) atoms. The van der Waals surface area contributed by atoms with Crippen LogP contribution in [0.3, 0.4) is 0 Å². The number of sulfonamides is 1. The molecular formula is C8H13N3O2S. The number of hydrogen-bond acceptors (Lipinski definition) is 3. The van der Waals surface area contributed by atoms with E-state index in [9.17, 15) is 8.42 Å². The normalized spacial score (nSPS) is 26.4. The molecule has 78 valence electrons. The van der Waals surface area contributed by atoms with Gasteiger partial charge < -0.3 is 4.98 Å². The van der Waals surface area contributed by atoms with Crippen molar-refractivity contribution in [3.63, 3.8) is 0 Å². The van der Waals surface area contributed by atoms with Crippen LogP contribution in [0.15, 0.2) is 11.2 Å². The number of hydrogen-bond donors (Lipinski definition) is 2. The van der Waals surface area contributed by atoms with Crippen molar-refractivity contribution in [2.75, 3.05) is 0 Å². The molecule has 6 heteroatoms. The molecule has 1 fully saturated rings. The van der Waals surface area contributed by atoms with Gasteiger partial charge in [-0.05, 0) is 19.3 Å². The van der Waals surface area contributed by atoms with Crippen molar-refractivity contribution >= 4 is 10.0 Å². The van der Waals surface area contributed by atoms with Crippen LogP contribution in [-0.2, 0) is 10.0 Å². The number of nitrogens with one attached hydrogen (secondary N) is 2. The third-order valence-electron chi connectivity index (χ3n) is 2.39. The minimum atomic E-state index is -3.38. The average molecular weight is 215 g/mol. The van der Waals surface area contributed by atoms with E-state index in [-0.39, 0.29) is 11.1 Å². The summed E-state index contributed by atoms with van der Waals surface area (Å²) >= 11 is 0. The second-order valence-corrected chi connectivity index (χ2v) is 5.46. The molecule has 1 aromatic heterocycles. The maximum Gasteiger partial charge on any atom is 0.257 e. The highest BCUT2D eigenvalue weighted by Crippen LogP contribution is 2.30. The summed E-state index contributed by atoms with van der Waals surface area (Å²) in [6, 6.07) is 0.101. The number of imidazole rings is 1. The summed E-state index contributed by atoms with van der Waals surface area (Å²) in [6.07, 6.45) is 2.26. The number of nitrogens with zero attached hydrogens (tertiary/aromatic N) is 1. The molecule has 0 amide bonds. The Hall–Kier alpha value is -0.880. The number of aromatic nitrogens is 2. The Balaban J connectivity index is 2.16. The third kappa shape index (κ3) is 1.80. The fourth-order valence-electron chi connectivity index (χ4n) is 1.28. The van der Waals surface area contributed by atoms with Crippen LogP contribution in [0.5, 0.6) is 0 Å². The van der Waals surface area contributed by atoms with Crippen LogP contribution >= 0.6 is 0 Å². The Labute approximate surface area is 83.0 Å². The Morgan fingerprint density at radius 1 is 1.64 bits per heavy atom. The van der Waals surface area contributed by atoms with E-state index in [0.717, 1.165) is 6.42 Å². The Morgan fingerprint density at radius 3 is 2.71 bits per heavy atom. The highest BCUT2D eigenvalue weighted by atomic mass is 32.2. The van der Waals surface area contributed by atoms with Crippen LogP contribution in [0.1, 0.15) is 19.2 Å². The van der Waals surface area contributed by atoms with Gasteiger partial charge in [-0.25, -0.2) is 18.1 Å². The Bertz CT molecular complexity index is 437. The van der Waals surface area contributed by atoms with E-state index in [0.29, 0.717) is 11.7 Å². The molecular weight excluding hydrogens is 202 g/mol. The van der Waals surface area contributed by atoms with Gasteiger partial charge in [0.2, 0.25) is 0 Å². The number of aromatic amines is 1. The van der Waals surface area contributed by atoms with Crippen LogP contribution < -0.4 is 4.72 Å². The molecule has 5 nitrogen and oxygen atoms in total. The summed E-state index contributed by atoms with van der Waals surface area (Å²) in [4.78, 5) is 6.56. The predicted octanol–water partition coefficient (Wildman–Crippen LogP) is 0.405. The summed E-state index contributed by atoms with van der Waals surface area (Å²) in [5, 5.41) is 0.147. The highest BCUT2D eigenvalue weighted by Gasteiger charge is 2.36. The Kier molecular flexibility index (Phi) is 2.11. The van der Waals surface area contributed by atoms with Crippen molar-refractivity contribution in [2.24, 2.45) is 5.92 Å². The summed E-state index contributed by atoms with van der Waals surface area (Å²) in [7, 11) is -3.38. The monoisotopic (exact) mass is 215 g/mol. The zero-order chi connectivity index (χ0) is 10.3. The summed E-state index contributed by atoms with van der Waals surface area (Å²) in [5.74, 6) is 1.06. The lowest BCUT2D eigenvalue weighted by Gasteiger charge is -2.01. The molecule has 0 saturated heterocycles. The van der Waals surface area contributed by atoms with Gasteiger partial charge in [0, 0.05) is 6.04 Å². The number of H-pyrrole nitrogens is 1. The molecule has 0 spiro atoms. The largest absolute Gasteiger partial charge is 0.332 e. The standard InChI is InChI=1S/C8H13N3O2S/c1-5-3-7(5)11-14(12,13)8-4-9-6(2)10-8/h4-5,7,11H,3H2,1-2H3,(H,9,10). The van der Waals surface area contributed by atoms with Gasteiger partial charge in [-0.3, -0.25) is 0 Å². The summed E-state index contributed by atoms with van der Waals surface area (Å²) in [5.41, 5.74) is 0.